The summed E-state index contributed by atoms with van der Waals surface area (Å²) in [5.41, 5.74) is 0.885. The summed E-state index contributed by atoms with van der Waals surface area (Å²) >= 11 is 5.85. The molecule has 0 amide bonds. The largest absolute Gasteiger partial charge is 0.478 e. The molecule has 2 N–H and O–H groups in total. The van der Waals surface area contributed by atoms with Crippen molar-refractivity contribution < 1.29 is 9.90 Å². The van der Waals surface area contributed by atoms with Crippen molar-refractivity contribution >= 4 is 23.3 Å². The second-order valence-electron chi connectivity index (χ2n) is 2.67. The van der Waals surface area contributed by atoms with Crippen molar-refractivity contribution in [3.63, 3.8) is 0 Å². The van der Waals surface area contributed by atoms with Gasteiger partial charge in [-0.3, -0.25) is 0 Å². The number of halogens is 1. The van der Waals surface area contributed by atoms with Crippen LogP contribution in [0.15, 0.2) is 30.9 Å². The summed E-state index contributed by atoms with van der Waals surface area (Å²) < 4.78 is 0. The number of hydrogen-bond acceptors (Lipinski definition) is 2. The highest BCUT2D eigenvalue weighted by atomic mass is 35.5. The van der Waals surface area contributed by atoms with Crippen LogP contribution in [0.25, 0.3) is 0 Å². The fraction of sp³-hybridized carbons (Fsp3) is 0.100. The maximum atomic E-state index is 10.6. The van der Waals surface area contributed by atoms with Crippen LogP contribution in [0.4, 0.5) is 5.69 Å². The lowest BCUT2D eigenvalue weighted by Crippen LogP contribution is -2.01. The van der Waals surface area contributed by atoms with E-state index in [0.717, 1.165) is 0 Å². The van der Waals surface area contributed by atoms with Crippen molar-refractivity contribution in [2.75, 3.05) is 11.9 Å². The summed E-state index contributed by atoms with van der Waals surface area (Å²) in [5, 5.41) is 12.1. The number of rotatable bonds is 4. The van der Waals surface area contributed by atoms with Crippen molar-refractivity contribution in [3.05, 3.63) is 41.4 Å². The number of carboxylic acids is 1. The number of nitrogens with one attached hydrogen (secondary N) is 1. The van der Waals surface area contributed by atoms with Crippen LogP contribution in [0.5, 0.6) is 0 Å². The second kappa shape index (κ2) is 4.67. The van der Waals surface area contributed by atoms with Crippen LogP contribution in [0.1, 0.15) is 10.4 Å². The highest BCUT2D eigenvalue weighted by Crippen LogP contribution is 2.22. The van der Waals surface area contributed by atoms with Crippen molar-refractivity contribution in [2.24, 2.45) is 0 Å². The van der Waals surface area contributed by atoms with E-state index in [4.69, 9.17) is 16.7 Å². The number of carbonyl (C=O) groups is 1. The maximum absolute atomic E-state index is 10.6. The standard InChI is InChI=1S/C10H10ClNO2/c1-2-5-12-9-4-3-7(10(13)14)6-8(9)11/h2-4,6,12H,1,5H2,(H,13,14). The highest BCUT2D eigenvalue weighted by molar-refractivity contribution is 6.33. The maximum Gasteiger partial charge on any atom is 0.335 e. The Labute approximate surface area is 87.0 Å². The lowest BCUT2D eigenvalue weighted by atomic mass is 10.2. The van der Waals surface area contributed by atoms with Gasteiger partial charge in [-0.05, 0) is 18.2 Å². The smallest absolute Gasteiger partial charge is 0.335 e. The fourth-order valence-electron chi connectivity index (χ4n) is 0.974. The van der Waals surface area contributed by atoms with Gasteiger partial charge < -0.3 is 10.4 Å². The van der Waals surface area contributed by atoms with Gasteiger partial charge in [-0.2, -0.15) is 0 Å². The van der Waals surface area contributed by atoms with Gasteiger partial charge in [-0.15, -0.1) is 6.58 Å². The van der Waals surface area contributed by atoms with E-state index in [0.29, 0.717) is 17.3 Å². The first-order chi connectivity index (χ1) is 6.65. The molecule has 0 aliphatic carbocycles. The molecule has 0 aliphatic heterocycles. The number of benzene rings is 1. The Morgan fingerprint density at radius 2 is 2.36 bits per heavy atom. The minimum absolute atomic E-state index is 0.180. The molecule has 0 spiro atoms. The zero-order chi connectivity index (χ0) is 10.6. The summed E-state index contributed by atoms with van der Waals surface area (Å²) in [6, 6.07) is 4.55. The Bertz CT molecular complexity index is 363. The Kier molecular flexibility index (Phi) is 3.54. The van der Waals surface area contributed by atoms with E-state index in [1.165, 1.54) is 12.1 Å². The lowest BCUT2D eigenvalue weighted by molar-refractivity contribution is 0.0697. The summed E-state index contributed by atoms with van der Waals surface area (Å²) in [5.74, 6) is -0.984. The molecule has 0 radical (unpaired) electrons. The van der Waals surface area contributed by atoms with E-state index in [2.05, 4.69) is 11.9 Å². The first kappa shape index (κ1) is 10.6. The quantitative estimate of drug-likeness (QED) is 0.753. The Balaban J connectivity index is 2.89. The normalized spacial score (nSPS) is 9.50. The van der Waals surface area contributed by atoms with Crippen molar-refractivity contribution in [3.8, 4) is 0 Å². The van der Waals surface area contributed by atoms with Crippen LogP contribution < -0.4 is 5.32 Å². The molecular weight excluding hydrogens is 202 g/mol. The molecule has 0 bridgehead atoms. The van der Waals surface area contributed by atoms with Gasteiger partial charge in [0.1, 0.15) is 0 Å². The third-order valence-electron chi connectivity index (χ3n) is 1.65. The number of aromatic carboxylic acids is 1. The van der Waals surface area contributed by atoms with Gasteiger partial charge in [0, 0.05) is 6.54 Å². The molecule has 14 heavy (non-hydrogen) atoms. The van der Waals surface area contributed by atoms with Gasteiger partial charge in [-0.1, -0.05) is 17.7 Å². The van der Waals surface area contributed by atoms with Crippen molar-refractivity contribution in [1.82, 2.24) is 0 Å². The highest BCUT2D eigenvalue weighted by Gasteiger charge is 2.05. The number of hydrogen-bond donors (Lipinski definition) is 2. The van der Waals surface area contributed by atoms with Crippen LogP contribution in [-0.2, 0) is 0 Å². The zero-order valence-corrected chi connectivity index (χ0v) is 8.21. The number of carboxylic acid groups (broad SMARTS) is 1. The van der Waals surface area contributed by atoms with E-state index >= 15 is 0 Å². The minimum Gasteiger partial charge on any atom is -0.478 e. The topological polar surface area (TPSA) is 49.3 Å². The first-order valence-electron chi connectivity index (χ1n) is 4.02. The number of anilines is 1. The average Bonchev–Trinajstić information content (AvgIpc) is 2.15. The van der Waals surface area contributed by atoms with Gasteiger partial charge in [0.05, 0.1) is 16.3 Å². The van der Waals surface area contributed by atoms with Crippen LogP contribution >= 0.6 is 11.6 Å². The van der Waals surface area contributed by atoms with E-state index in [1.54, 1.807) is 12.1 Å². The van der Waals surface area contributed by atoms with Crippen LogP contribution in [-0.4, -0.2) is 17.6 Å². The molecule has 74 valence electrons. The molecule has 0 saturated carbocycles. The van der Waals surface area contributed by atoms with Gasteiger partial charge in [0.25, 0.3) is 0 Å². The van der Waals surface area contributed by atoms with Crippen molar-refractivity contribution in [2.45, 2.75) is 0 Å². The molecule has 0 aromatic heterocycles. The van der Waals surface area contributed by atoms with Crippen LogP contribution in [0.2, 0.25) is 5.02 Å². The molecule has 1 aromatic carbocycles. The molecule has 3 nitrogen and oxygen atoms in total. The van der Waals surface area contributed by atoms with Crippen LogP contribution in [0.3, 0.4) is 0 Å². The Hall–Kier alpha value is -1.48. The molecule has 0 fully saturated rings. The molecule has 0 aliphatic rings. The lowest BCUT2D eigenvalue weighted by Gasteiger charge is -2.06. The van der Waals surface area contributed by atoms with E-state index in [1.807, 2.05) is 0 Å². The molecule has 4 heteroatoms. The monoisotopic (exact) mass is 211 g/mol. The predicted octanol–water partition coefficient (Wildman–Crippen LogP) is 2.64. The van der Waals surface area contributed by atoms with Crippen molar-refractivity contribution in [1.29, 1.82) is 0 Å². The molecule has 1 aromatic rings. The Morgan fingerprint density at radius 1 is 1.64 bits per heavy atom. The Morgan fingerprint density at radius 3 is 2.86 bits per heavy atom. The summed E-state index contributed by atoms with van der Waals surface area (Å²) in [6.45, 7) is 4.14. The molecule has 0 unspecified atom stereocenters. The average molecular weight is 212 g/mol. The van der Waals surface area contributed by atoms with E-state index < -0.39 is 5.97 Å². The SMILES string of the molecule is C=CCNc1ccc(C(=O)O)cc1Cl. The third kappa shape index (κ3) is 2.50. The summed E-state index contributed by atoms with van der Waals surface area (Å²) in [6.07, 6.45) is 1.70. The van der Waals surface area contributed by atoms with E-state index in [-0.39, 0.29) is 5.56 Å². The third-order valence-corrected chi connectivity index (χ3v) is 1.97. The molecule has 0 saturated heterocycles. The van der Waals surface area contributed by atoms with Gasteiger partial charge in [0.2, 0.25) is 0 Å². The van der Waals surface area contributed by atoms with Crippen LogP contribution in [0, 0.1) is 0 Å². The van der Waals surface area contributed by atoms with E-state index in [9.17, 15) is 4.79 Å². The second-order valence-corrected chi connectivity index (χ2v) is 3.08. The van der Waals surface area contributed by atoms with Gasteiger partial charge >= 0.3 is 5.97 Å². The summed E-state index contributed by atoms with van der Waals surface area (Å²) in [7, 11) is 0. The zero-order valence-electron chi connectivity index (χ0n) is 7.46. The molecular formula is C10H10ClNO2. The predicted molar refractivity (Wildman–Crippen MR) is 57.1 cm³/mol. The fourth-order valence-corrected chi connectivity index (χ4v) is 1.22. The molecule has 0 atom stereocenters. The molecule has 1 rings (SSSR count). The summed E-state index contributed by atoms with van der Waals surface area (Å²) in [4.78, 5) is 10.6. The minimum atomic E-state index is -0.984. The van der Waals surface area contributed by atoms with Gasteiger partial charge in [-0.25, -0.2) is 4.79 Å². The molecule has 0 heterocycles. The van der Waals surface area contributed by atoms with Gasteiger partial charge in [0.15, 0.2) is 0 Å². The first-order valence-corrected chi connectivity index (χ1v) is 4.40.